The van der Waals surface area contributed by atoms with Crippen molar-refractivity contribution >= 4 is 5.78 Å². The molecule has 1 N–H and O–H groups in total. The van der Waals surface area contributed by atoms with Crippen molar-refractivity contribution in [2.75, 3.05) is 0 Å². The first-order valence-electron chi connectivity index (χ1n) is 5.96. The zero-order valence-corrected chi connectivity index (χ0v) is 11.4. The molecule has 0 bridgehead atoms. The summed E-state index contributed by atoms with van der Waals surface area (Å²) in [5.41, 5.74) is 0.450. The lowest BCUT2D eigenvalue weighted by molar-refractivity contribution is 0.0792. The summed E-state index contributed by atoms with van der Waals surface area (Å²) >= 11 is 0. The van der Waals surface area contributed by atoms with Gasteiger partial charge < -0.3 is 5.11 Å². The molecule has 0 aromatic heterocycles. The van der Waals surface area contributed by atoms with Crippen LogP contribution in [0.4, 0.5) is 0 Å². The van der Waals surface area contributed by atoms with Gasteiger partial charge in [0.1, 0.15) is 0 Å². The fourth-order valence-electron chi connectivity index (χ4n) is 1.77. The maximum absolute atomic E-state index is 12.3. The van der Waals surface area contributed by atoms with Crippen LogP contribution in [0.3, 0.4) is 0 Å². The molecule has 1 rings (SSSR count). The van der Waals surface area contributed by atoms with E-state index in [2.05, 4.69) is 0 Å². The number of carbonyl (C=O) groups excluding carboxylic acids is 1. The molecule has 0 fully saturated rings. The molecule has 17 heavy (non-hydrogen) atoms. The number of ketones is 1. The maximum Gasteiger partial charge on any atom is 0.168 e. The SMILES string of the molecule is CC(C)(O)Cc1ccccc1C(=O)C(C)(C)C. The van der Waals surface area contributed by atoms with E-state index in [0.717, 1.165) is 11.1 Å². The van der Waals surface area contributed by atoms with Crippen molar-refractivity contribution in [3.05, 3.63) is 35.4 Å². The predicted molar refractivity (Wildman–Crippen MR) is 70.2 cm³/mol. The number of rotatable bonds is 3. The third-order valence-corrected chi connectivity index (χ3v) is 2.57. The molecule has 0 heterocycles. The number of hydrogen-bond acceptors (Lipinski definition) is 2. The van der Waals surface area contributed by atoms with Gasteiger partial charge in [0, 0.05) is 17.4 Å². The molecule has 2 heteroatoms. The molecule has 0 amide bonds. The highest BCUT2D eigenvalue weighted by atomic mass is 16.3. The fourth-order valence-corrected chi connectivity index (χ4v) is 1.77. The molecule has 1 aromatic carbocycles. The number of aliphatic hydroxyl groups is 1. The van der Waals surface area contributed by atoms with E-state index in [1.807, 2.05) is 45.0 Å². The molecule has 0 atom stereocenters. The largest absolute Gasteiger partial charge is 0.390 e. The van der Waals surface area contributed by atoms with Gasteiger partial charge in [-0.2, -0.15) is 0 Å². The summed E-state index contributed by atoms with van der Waals surface area (Å²) in [4.78, 5) is 12.3. The number of carbonyl (C=O) groups is 1. The Balaban J connectivity index is 3.13. The predicted octanol–water partition coefficient (Wildman–Crippen LogP) is 3.23. The number of Topliss-reactive ketones (excluding diaryl/α,β-unsaturated/α-hetero) is 1. The van der Waals surface area contributed by atoms with E-state index < -0.39 is 11.0 Å². The summed E-state index contributed by atoms with van der Waals surface area (Å²) in [6.45, 7) is 9.25. The lowest BCUT2D eigenvalue weighted by Gasteiger charge is -2.22. The van der Waals surface area contributed by atoms with Crippen LogP contribution in [0.15, 0.2) is 24.3 Å². The lowest BCUT2D eigenvalue weighted by atomic mass is 9.83. The van der Waals surface area contributed by atoms with Gasteiger partial charge in [0.25, 0.3) is 0 Å². The second-order valence-electron chi connectivity index (χ2n) is 6.23. The van der Waals surface area contributed by atoms with Crippen molar-refractivity contribution in [1.82, 2.24) is 0 Å². The Bertz CT molecular complexity index is 406. The average molecular weight is 234 g/mol. The highest BCUT2D eigenvalue weighted by Crippen LogP contribution is 2.25. The molecule has 1 aromatic rings. The van der Waals surface area contributed by atoms with Gasteiger partial charge in [0.15, 0.2) is 5.78 Å². The Morgan fingerprint density at radius 2 is 1.65 bits per heavy atom. The van der Waals surface area contributed by atoms with E-state index in [9.17, 15) is 9.90 Å². The van der Waals surface area contributed by atoms with Crippen LogP contribution in [-0.2, 0) is 6.42 Å². The minimum atomic E-state index is -0.797. The Morgan fingerprint density at radius 3 is 2.12 bits per heavy atom. The molecule has 0 spiro atoms. The molecule has 2 nitrogen and oxygen atoms in total. The monoisotopic (exact) mass is 234 g/mol. The first-order chi connectivity index (χ1) is 7.61. The quantitative estimate of drug-likeness (QED) is 0.815. The molecular formula is C15H22O2. The molecule has 0 saturated carbocycles. The molecule has 0 saturated heterocycles. The van der Waals surface area contributed by atoms with Crippen LogP contribution in [0.2, 0.25) is 0 Å². The van der Waals surface area contributed by atoms with Crippen molar-refractivity contribution in [3.8, 4) is 0 Å². The summed E-state index contributed by atoms with van der Waals surface area (Å²) in [6.07, 6.45) is 0.491. The fraction of sp³-hybridized carbons (Fsp3) is 0.533. The topological polar surface area (TPSA) is 37.3 Å². The van der Waals surface area contributed by atoms with Gasteiger partial charge in [-0.15, -0.1) is 0 Å². The minimum absolute atomic E-state index is 0.123. The molecule has 0 aliphatic heterocycles. The molecular weight excluding hydrogens is 212 g/mol. The van der Waals surface area contributed by atoms with Crippen LogP contribution in [0.1, 0.15) is 50.5 Å². The molecule has 0 radical (unpaired) electrons. The summed E-state index contributed by atoms with van der Waals surface area (Å²) in [6, 6.07) is 7.53. The smallest absolute Gasteiger partial charge is 0.168 e. The highest BCUT2D eigenvalue weighted by Gasteiger charge is 2.26. The third kappa shape index (κ3) is 3.97. The Kier molecular flexibility index (Phi) is 3.78. The molecule has 0 unspecified atom stereocenters. The van der Waals surface area contributed by atoms with Gasteiger partial charge in [0.2, 0.25) is 0 Å². The van der Waals surface area contributed by atoms with E-state index in [4.69, 9.17) is 0 Å². The van der Waals surface area contributed by atoms with Gasteiger partial charge in [-0.3, -0.25) is 4.79 Å². The van der Waals surface area contributed by atoms with Crippen molar-refractivity contribution in [2.24, 2.45) is 5.41 Å². The first-order valence-corrected chi connectivity index (χ1v) is 5.96. The Labute approximate surface area is 104 Å². The van der Waals surface area contributed by atoms with Crippen LogP contribution < -0.4 is 0 Å². The lowest BCUT2D eigenvalue weighted by Crippen LogP contribution is -2.26. The first kappa shape index (κ1) is 13.9. The summed E-state index contributed by atoms with van der Waals surface area (Å²) in [5, 5.41) is 9.87. The second-order valence-corrected chi connectivity index (χ2v) is 6.23. The standard InChI is InChI=1S/C15H22O2/c1-14(2,3)13(16)12-9-7-6-8-11(12)10-15(4,5)17/h6-9,17H,10H2,1-5H3. The van der Waals surface area contributed by atoms with E-state index in [-0.39, 0.29) is 5.78 Å². The normalized spacial score (nSPS) is 12.6. The van der Waals surface area contributed by atoms with Gasteiger partial charge in [-0.05, 0) is 19.4 Å². The number of hydrogen-bond donors (Lipinski definition) is 1. The highest BCUT2D eigenvalue weighted by molar-refractivity contribution is 6.01. The second kappa shape index (κ2) is 4.61. The van der Waals surface area contributed by atoms with Gasteiger partial charge in [0.05, 0.1) is 5.60 Å². The minimum Gasteiger partial charge on any atom is -0.390 e. The van der Waals surface area contributed by atoms with Crippen LogP contribution >= 0.6 is 0 Å². The van der Waals surface area contributed by atoms with Crippen molar-refractivity contribution < 1.29 is 9.90 Å². The van der Waals surface area contributed by atoms with E-state index in [1.165, 1.54) is 0 Å². The van der Waals surface area contributed by atoms with Crippen molar-refractivity contribution in [2.45, 2.75) is 46.6 Å². The van der Waals surface area contributed by atoms with E-state index >= 15 is 0 Å². The summed E-state index contributed by atoms with van der Waals surface area (Å²) in [7, 11) is 0. The van der Waals surface area contributed by atoms with Gasteiger partial charge >= 0.3 is 0 Å². The van der Waals surface area contributed by atoms with Gasteiger partial charge in [-0.25, -0.2) is 0 Å². The third-order valence-electron chi connectivity index (χ3n) is 2.57. The maximum atomic E-state index is 12.3. The zero-order chi connectivity index (χ0) is 13.3. The Hall–Kier alpha value is -1.15. The molecule has 0 aliphatic rings. The Morgan fingerprint density at radius 1 is 1.12 bits per heavy atom. The van der Waals surface area contributed by atoms with Crippen LogP contribution in [0.25, 0.3) is 0 Å². The van der Waals surface area contributed by atoms with Crippen molar-refractivity contribution in [1.29, 1.82) is 0 Å². The number of benzene rings is 1. The van der Waals surface area contributed by atoms with Crippen LogP contribution in [0, 0.1) is 5.41 Å². The summed E-state index contributed by atoms with van der Waals surface area (Å²) < 4.78 is 0. The molecule has 0 aliphatic carbocycles. The van der Waals surface area contributed by atoms with E-state index in [0.29, 0.717) is 6.42 Å². The average Bonchev–Trinajstić information content (AvgIpc) is 2.13. The van der Waals surface area contributed by atoms with Gasteiger partial charge in [-0.1, -0.05) is 45.0 Å². The molecule has 94 valence electrons. The zero-order valence-electron chi connectivity index (χ0n) is 11.4. The summed E-state index contributed by atoms with van der Waals surface area (Å²) in [5.74, 6) is 0.123. The van der Waals surface area contributed by atoms with E-state index in [1.54, 1.807) is 13.8 Å². The van der Waals surface area contributed by atoms with Crippen molar-refractivity contribution in [3.63, 3.8) is 0 Å². The van der Waals surface area contributed by atoms with Crippen LogP contribution in [0.5, 0.6) is 0 Å². The van der Waals surface area contributed by atoms with Crippen LogP contribution in [-0.4, -0.2) is 16.5 Å².